The minimum absolute atomic E-state index is 0.0561. The van der Waals surface area contributed by atoms with E-state index in [9.17, 15) is 14.4 Å². The zero-order valence-corrected chi connectivity index (χ0v) is 13.2. The lowest BCUT2D eigenvalue weighted by Gasteiger charge is -2.01. The Labute approximate surface area is 140 Å². The third kappa shape index (κ3) is 2.71. The standard InChI is InChI=1S/C21H18O3/c22-19(13-7-3-1-4-8-13)15-11-17(15)21(24)18-12-16(18)20(23)14-9-5-2-6-10-14/h1-10,15-18H,11-12H2/t15-,16?,17-,18?/m0/s1. The van der Waals surface area contributed by atoms with Gasteiger partial charge in [-0.3, -0.25) is 14.4 Å². The topological polar surface area (TPSA) is 51.2 Å². The van der Waals surface area contributed by atoms with Gasteiger partial charge in [0.1, 0.15) is 5.78 Å². The van der Waals surface area contributed by atoms with Gasteiger partial charge < -0.3 is 0 Å². The Hall–Kier alpha value is -2.55. The summed E-state index contributed by atoms with van der Waals surface area (Å²) in [5, 5.41) is 0. The Kier molecular flexibility index (Phi) is 3.64. The van der Waals surface area contributed by atoms with Crippen LogP contribution in [-0.4, -0.2) is 17.3 Å². The molecule has 2 aliphatic rings. The van der Waals surface area contributed by atoms with E-state index < -0.39 is 0 Å². The summed E-state index contributed by atoms with van der Waals surface area (Å²) in [5.41, 5.74) is 1.34. The molecule has 0 heterocycles. The fourth-order valence-corrected chi connectivity index (χ4v) is 3.51. The highest BCUT2D eigenvalue weighted by Gasteiger charge is 2.56. The minimum atomic E-state index is -0.187. The largest absolute Gasteiger partial charge is 0.299 e. The lowest BCUT2D eigenvalue weighted by Crippen LogP contribution is -2.14. The molecule has 3 heteroatoms. The van der Waals surface area contributed by atoms with E-state index in [0.29, 0.717) is 24.0 Å². The molecule has 0 spiro atoms. The molecule has 2 aromatic carbocycles. The molecule has 3 nitrogen and oxygen atoms in total. The van der Waals surface area contributed by atoms with E-state index in [1.54, 1.807) is 24.3 Å². The van der Waals surface area contributed by atoms with E-state index in [4.69, 9.17) is 0 Å². The van der Waals surface area contributed by atoms with Crippen molar-refractivity contribution in [3.8, 4) is 0 Å². The van der Waals surface area contributed by atoms with E-state index in [0.717, 1.165) is 0 Å². The second-order valence-corrected chi connectivity index (χ2v) is 6.76. The third-order valence-electron chi connectivity index (χ3n) is 5.10. The van der Waals surface area contributed by atoms with Crippen LogP contribution in [0.3, 0.4) is 0 Å². The van der Waals surface area contributed by atoms with Crippen molar-refractivity contribution in [1.29, 1.82) is 0 Å². The average molecular weight is 318 g/mol. The average Bonchev–Trinajstić information content (AvgIpc) is 3.55. The van der Waals surface area contributed by atoms with Crippen LogP contribution in [0.25, 0.3) is 0 Å². The van der Waals surface area contributed by atoms with E-state index >= 15 is 0 Å². The first kappa shape index (κ1) is 15.0. The zero-order valence-electron chi connectivity index (χ0n) is 13.2. The van der Waals surface area contributed by atoms with Crippen LogP contribution in [0, 0.1) is 23.7 Å². The first-order chi connectivity index (χ1) is 11.7. The molecule has 4 rings (SSSR count). The molecule has 2 unspecified atom stereocenters. The van der Waals surface area contributed by atoms with Gasteiger partial charge in [0.2, 0.25) is 0 Å². The van der Waals surface area contributed by atoms with Crippen molar-refractivity contribution in [2.24, 2.45) is 23.7 Å². The summed E-state index contributed by atoms with van der Waals surface area (Å²) in [7, 11) is 0. The summed E-state index contributed by atoms with van der Waals surface area (Å²) in [6, 6.07) is 18.3. The molecule has 0 amide bonds. The molecule has 4 atom stereocenters. The van der Waals surface area contributed by atoms with Crippen LogP contribution < -0.4 is 0 Å². The molecule has 0 saturated heterocycles. The van der Waals surface area contributed by atoms with Crippen LogP contribution in [0.15, 0.2) is 60.7 Å². The van der Waals surface area contributed by atoms with Crippen molar-refractivity contribution in [1.82, 2.24) is 0 Å². The fourth-order valence-electron chi connectivity index (χ4n) is 3.51. The monoisotopic (exact) mass is 318 g/mol. The van der Waals surface area contributed by atoms with Crippen LogP contribution in [0.4, 0.5) is 0 Å². The molecule has 0 radical (unpaired) electrons. The van der Waals surface area contributed by atoms with Crippen LogP contribution >= 0.6 is 0 Å². The van der Waals surface area contributed by atoms with Gasteiger partial charge >= 0.3 is 0 Å². The van der Waals surface area contributed by atoms with Crippen molar-refractivity contribution < 1.29 is 14.4 Å². The molecule has 24 heavy (non-hydrogen) atoms. The minimum Gasteiger partial charge on any atom is -0.299 e. The van der Waals surface area contributed by atoms with E-state index in [1.165, 1.54) is 0 Å². The highest BCUT2D eigenvalue weighted by Crippen LogP contribution is 2.51. The summed E-state index contributed by atoms with van der Waals surface area (Å²) in [6.45, 7) is 0. The number of hydrogen-bond donors (Lipinski definition) is 0. The molecule has 2 fully saturated rings. The van der Waals surface area contributed by atoms with Crippen LogP contribution in [-0.2, 0) is 4.79 Å². The number of ketones is 3. The molecule has 0 aromatic heterocycles. The van der Waals surface area contributed by atoms with Crippen molar-refractivity contribution in [3.05, 3.63) is 71.8 Å². The summed E-state index contributed by atoms with van der Waals surface area (Å²) in [5.74, 6) is -0.520. The lowest BCUT2D eigenvalue weighted by molar-refractivity contribution is -0.121. The van der Waals surface area contributed by atoms with Gasteiger partial charge in [-0.1, -0.05) is 60.7 Å². The number of carbonyl (C=O) groups excluding carboxylic acids is 3. The van der Waals surface area contributed by atoms with Gasteiger partial charge in [-0.2, -0.15) is 0 Å². The maximum Gasteiger partial charge on any atom is 0.166 e. The van der Waals surface area contributed by atoms with Crippen molar-refractivity contribution in [2.75, 3.05) is 0 Å². The normalized spacial score (nSPS) is 27.3. The van der Waals surface area contributed by atoms with Crippen molar-refractivity contribution in [2.45, 2.75) is 12.8 Å². The van der Waals surface area contributed by atoms with Gasteiger partial charge in [0, 0.05) is 34.8 Å². The fraction of sp³-hybridized carbons (Fsp3) is 0.286. The Morgan fingerprint density at radius 1 is 0.583 bits per heavy atom. The number of carbonyl (C=O) groups is 3. The maximum absolute atomic E-state index is 12.6. The predicted octanol–water partition coefficient (Wildman–Crippen LogP) is 3.59. The van der Waals surface area contributed by atoms with Crippen molar-refractivity contribution in [3.63, 3.8) is 0 Å². The van der Waals surface area contributed by atoms with Crippen molar-refractivity contribution >= 4 is 17.3 Å². The summed E-state index contributed by atoms with van der Waals surface area (Å²) in [6.07, 6.45) is 1.27. The predicted molar refractivity (Wildman–Crippen MR) is 89.7 cm³/mol. The number of hydrogen-bond acceptors (Lipinski definition) is 3. The Bertz CT molecular complexity index is 727. The summed E-state index contributed by atoms with van der Waals surface area (Å²) < 4.78 is 0. The Morgan fingerprint density at radius 3 is 1.33 bits per heavy atom. The first-order valence-electron chi connectivity index (χ1n) is 8.39. The summed E-state index contributed by atoms with van der Waals surface area (Å²) in [4.78, 5) is 37.3. The quantitative estimate of drug-likeness (QED) is 0.765. The zero-order chi connectivity index (χ0) is 16.7. The number of rotatable bonds is 6. The second-order valence-electron chi connectivity index (χ2n) is 6.76. The maximum atomic E-state index is 12.6. The molecule has 2 aliphatic carbocycles. The van der Waals surface area contributed by atoms with Gasteiger partial charge in [-0.15, -0.1) is 0 Å². The number of benzene rings is 2. The van der Waals surface area contributed by atoms with Gasteiger partial charge in [0.25, 0.3) is 0 Å². The van der Waals surface area contributed by atoms with Crippen LogP contribution in [0.1, 0.15) is 33.6 Å². The van der Waals surface area contributed by atoms with Gasteiger partial charge in [0.05, 0.1) is 0 Å². The molecular weight excluding hydrogens is 300 g/mol. The second kappa shape index (κ2) is 5.82. The Balaban J connectivity index is 1.37. The molecule has 0 aliphatic heterocycles. The van der Waals surface area contributed by atoms with Crippen LogP contribution in [0.5, 0.6) is 0 Å². The lowest BCUT2D eigenvalue weighted by atomic mass is 10.0. The third-order valence-corrected chi connectivity index (χ3v) is 5.10. The smallest absolute Gasteiger partial charge is 0.166 e. The van der Waals surface area contributed by atoms with Gasteiger partial charge in [-0.05, 0) is 12.8 Å². The van der Waals surface area contributed by atoms with Gasteiger partial charge in [0.15, 0.2) is 11.6 Å². The van der Waals surface area contributed by atoms with E-state index in [1.807, 2.05) is 36.4 Å². The highest BCUT2D eigenvalue weighted by molar-refractivity contribution is 6.08. The SMILES string of the molecule is O=C(c1ccccc1)C1CC1C(=O)[C@H]1C[C@@H]1C(=O)c1ccccc1. The van der Waals surface area contributed by atoms with Crippen LogP contribution in [0.2, 0.25) is 0 Å². The first-order valence-corrected chi connectivity index (χ1v) is 8.39. The molecule has 0 bridgehead atoms. The molecule has 2 aromatic rings. The molecule has 120 valence electrons. The van der Waals surface area contributed by atoms with E-state index in [-0.39, 0.29) is 41.0 Å². The van der Waals surface area contributed by atoms with E-state index in [2.05, 4.69) is 0 Å². The van der Waals surface area contributed by atoms with Gasteiger partial charge in [-0.25, -0.2) is 0 Å². The highest BCUT2D eigenvalue weighted by atomic mass is 16.1. The number of Topliss-reactive ketones (excluding diaryl/α,β-unsaturated/α-hetero) is 3. The molecule has 0 N–H and O–H groups in total. The summed E-state index contributed by atoms with van der Waals surface area (Å²) >= 11 is 0. The molecular formula is C21H18O3. The Morgan fingerprint density at radius 2 is 0.958 bits per heavy atom. The molecule has 2 saturated carbocycles.